The summed E-state index contributed by atoms with van der Waals surface area (Å²) in [5.41, 5.74) is 4.63. The predicted octanol–water partition coefficient (Wildman–Crippen LogP) is 4.37. The van der Waals surface area contributed by atoms with Gasteiger partial charge in [-0.1, -0.05) is 60.2 Å². The van der Waals surface area contributed by atoms with Gasteiger partial charge in [-0.05, 0) is 30.7 Å². The van der Waals surface area contributed by atoms with Crippen LogP contribution >= 0.6 is 0 Å². The smallest absolute Gasteiger partial charge is 0.306 e. The van der Waals surface area contributed by atoms with E-state index >= 15 is 0 Å². The summed E-state index contributed by atoms with van der Waals surface area (Å²) < 4.78 is 6.57. The van der Waals surface area contributed by atoms with E-state index in [2.05, 4.69) is 24.3 Å². The minimum Gasteiger partial charge on any atom is -0.453 e. The molecule has 5 nitrogen and oxygen atoms in total. The summed E-state index contributed by atoms with van der Waals surface area (Å²) in [6.45, 7) is 2.04. The van der Waals surface area contributed by atoms with E-state index in [1.807, 2.05) is 67.5 Å². The van der Waals surface area contributed by atoms with Gasteiger partial charge >= 0.3 is 5.72 Å². The highest BCUT2D eigenvalue weighted by Gasteiger charge is 2.62. The molecule has 3 aromatic carbocycles. The third kappa shape index (κ3) is 2.12. The van der Waals surface area contributed by atoms with E-state index in [-0.39, 0.29) is 11.9 Å². The lowest BCUT2D eigenvalue weighted by atomic mass is 9.92. The number of likely N-dealkylation sites (N-methyl/N-ethyl adjacent to an activating group) is 1. The first kappa shape index (κ1) is 17.3. The number of rotatable bonds is 1. The van der Waals surface area contributed by atoms with Crippen molar-refractivity contribution in [3.05, 3.63) is 95.1 Å². The van der Waals surface area contributed by atoms with Crippen LogP contribution in [0.2, 0.25) is 0 Å². The molecule has 0 unspecified atom stereocenters. The lowest BCUT2D eigenvalue weighted by molar-refractivity contribution is -0.163. The van der Waals surface area contributed by atoms with Gasteiger partial charge in [-0.3, -0.25) is 4.79 Å². The van der Waals surface area contributed by atoms with Crippen molar-refractivity contribution < 1.29 is 9.53 Å². The molecule has 0 fully saturated rings. The average Bonchev–Trinajstić information content (AvgIpc) is 3.31. The Bertz CT molecular complexity index is 1220. The molecular formula is C25H21N3O2. The van der Waals surface area contributed by atoms with E-state index in [9.17, 15) is 4.79 Å². The fraction of sp³-hybridized carbons (Fsp3) is 0.200. The van der Waals surface area contributed by atoms with E-state index < -0.39 is 5.72 Å². The standard InChI is InChI=1S/C25H21N3O2/c1-16-12-13-21-19(14-16)25(24(29)27(21)2)28-22(18-10-6-7-11-23(18)30-25)15-20(26-28)17-8-4-3-5-9-17/h3-14,22H,15H2,1-2H3/t22-,25-/m1/s1. The molecule has 3 heterocycles. The first-order valence-electron chi connectivity index (χ1n) is 10.2. The first-order chi connectivity index (χ1) is 14.6. The topological polar surface area (TPSA) is 45.1 Å². The molecule has 3 aliphatic rings. The minimum absolute atomic E-state index is 0.0611. The van der Waals surface area contributed by atoms with Crippen LogP contribution in [0, 0.1) is 6.92 Å². The molecule has 3 aliphatic heterocycles. The molecule has 0 aromatic heterocycles. The van der Waals surface area contributed by atoms with Crippen LogP contribution in [0.1, 0.15) is 34.7 Å². The zero-order chi connectivity index (χ0) is 20.5. The summed E-state index contributed by atoms with van der Waals surface area (Å²) in [4.78, 5) is 15.4. The Hall–Kier alpha value is -3.60. The second-order valence-electron chi connectivity index (χ2n) is 8.15. The van der Waals surface area contributed by atoms with Crippen LogP contribution in [0.3, 0.4) is 0 Å². The van der Waals surface area contributed by atoms with Crippen LogP contribution in [-0.2, 0) is 10.5 Å². The third-order valence-corrected chi connectivity index (χ3v) is 6.35. The Morgan fingerprint density at radius 1 is 1.03 bits per heavy atom. The van der Waals surface area contributed by atoms with Gasteiger partial charge in [0.1, 0.15) is 5.75 Å². The van der Waals surface area contributed by atoms with E-state index in [1.54, 1.807) is 4.90 Å². The van der Waals surface area contributed by atoms with Gasteiger partial charge in [0.15, 0.2) is 0 Å². The molecule has 1 spiro atoms. The maximum atomic E-state index is 13.7. The van der Waals surface area contributed by atoms with Crippen molar-refractivity contribution in [1.29, 1.82) is 0 Å². The first-order valence-corrected chi connectivity index (χ1v) is 10.2. The SMILES string of the molecule is Cc1ccc2c(c1)[C@@]1(Oc3ccccc3[C@H]3CC(c4ccccc4)=NN31)C(=O)N2C. The minimum atomic E-state index is -1.29. The zero-order valence-corrected chi connectivity index (χ0v) is 16.9. The molecule has 1 amide bonds. The molecule has 0 saturated heterocycles. The number of anilines is 1. The molecule has 0 aliphatic carbocycles. The highest BCUT2D eigenvalue weighted by atomic mass is 16.5. The molecule has 0 bridgehead atoms. The number of carbonyl (C=O) groups is 1. The van der Waals surface area contributed by atoms with Crippen molar-refractivity contribution in [2.24, 2.45) is 5.10 Å². The molecule has 0 radical (unpaired) electrons. The Balaban J connectivity index is 1.61. The third-order valence-electron chi connectivity index (χ3n) is 6.35. The highest BCUT2D eigenvalue weighted by Crippen LogP contribution is 2.55. The van der Waals surface area contributed by atoms with Gasteiger partial charge in [-0.15, -0.1) is 0 Å². The molecule has 0 saturated carbocycles. The largest absolute Gasteiger partial charge is 0.453 e. The summed E-state index contributed by atoms with van der Waals surface area (Å²) >= 11 is 0. The van der Waals surface area contributed by atoms with Crippen LogP contribution in [-0.4, -0.2) is 23.7 Å². The summed E-state index contributed by atoms with van der Waals surface area (Å²) in [5, 5.41) is 6.91. The van der Waals surface area contributed by atoms with Crippen molar-refractivity contribution in [2.45, 2.75) is 25.1 Å². The average molecular weight is 395 g/mol. The number of amides is 1. The summed E-state index contributed by atoms with van der Waals surface area (Å²) in [6, 6.07) is 24.2. The number of fused-ring (bicyclic) bond motifs is 6. The summed E-state index contributed by atoms with van der Waals surface area (Å²) in [7, 11) is 1.81. The van der Waals surface area contributed by atoms with E-state index in [4.69, 9.17) is 9.84 Å². The maximum Gasteiger partial charge on any atom is 0.306 e. The maximum absolute atomic E-state index is 13.7. The monoisotopic (exact) mass is 395 g/mol. The summed E-state index contributed by atoms with van der Waals surface area (Å²) in [5.74, 6) is 0.639. The van der Waals surface area contributed by atoms with Crippen LogP contribution in [0.5, 0.6) is 5.75 Å². The highest BCUT2D eigenvalue weighted by molar-refractivity contribution is 6.08. The quantitative estimate of drug-likeness (QED) is 0.615. The van der Waals surface area contributed by atoms with Gasteiger partial charge in [-0.25, -0.2) is 5.01 Å². The van der Waals surface area contributed by atoms with Crippen LogP contribution < -0.4 is 9.64 Å². The second kappa shape index (κ2) is 5.95. The van der Waals surface area contributed by atoms with Crippen molar-refractivity contribution in [2.75, 3.05) is 11.9 Å². The number of benzene rings is 3. The van der Waals surface area contributed by atoms with E-state index in [0.717, 1.165) is 45.8 Å². The molecule has 0 N–H and O–H groups in total. The fourth-order valence-electron chi connectivity index (χ4n) is 4.89. The van der Waals surface area contributed by atoms with Gasteiger partial charge in [0.25, 0.3) is 5.91 Å². The van der Waals surface area contributed by atoms with Gasteiger partial charge in [0.2, 0.25) is 0 Å². The molecule has 6 rings (SSSR count). The van der Waals surface area contributed by atoms with Crippen molar-refractivity contribution in [1.82, 2.24) is 5.01 Å². The van der Waals surface area contributed by atoms with Crippen molar-refractivity contribution >= 4 is 17.3 Å². The predicted molar refractivity (Wildman–Crippen MR) is 116 cm³/mol. The van der Waals surface area contributed by atoms with E-state index in [1.165, 1.54) is 0 Å². The van der Waals surface area contributed by atoms with Gasteiger partial charge in [0.05, 0.1) is 23.0 Å². The number of hydrogen-bond acceptors (Lipinski definition) is 4. The molecule has 148 valence electrons. The molecule has 3 aromatic rings. The molecule has 2 atom stereocenters. The normalized spacial score (nSPS) is 23.7. The number of nitrogens with zero attached hydrogens (tertiary/aromatic N) is 3. The zero-order valence-electron chi connectivity index (χ0n) is 16.9. The Labute approximate surface area is 175 Å². The lowest BCUT2D eigenvalue weighted by Gasteiger charge is -2.44. The van der Waals surface area contributed by atoms with Crippen molar-refractivity contribution in [3.8, 4) is 5.75 Å². The lowest BCUT2D eigenvalue weighted by Crippen LogP contribution is -2.56. The number of aryl methyl sites for hydroxylation is 1. The Kier molecular flexibility index (Phi) is 3.43. The van der Waals surface area contributed by atoms with Crippen LogP contribution in [0.25, 0.3) is 0 Å². The van der Waals surface area contributed by atoms with Crippen molar-refractivity contribution in [3.63, 3.8) is 0 Å². The van der Waals surface area contributed by atoms with Crippen LogP contribution in [0.4, 0.5) is 5.69 Å². The number of hydrogen-bond donors (Lipinski definition) is 0. The Morgan fingerprint density at radius 2 is 1.80 bits per heavy atom. The van der Waals surface area contributed by atoms with Gasteiger partial charge in [-0.2, -0.15) is 5.10 Å². The number of carbonyl (C=O) groups excluding carboxylic acids is 1. The number of para-hydroxylation sites is 1. The second-order valence-corrected chi connectivity index (χ2v) is 8.15. The Morgan fingerprint density at radius 3 is 2.63 bits per heavy atom. The van der Waals surface area contributed by atoms with Crippen LogP contribution in [0.15, 0.2) is 77.9 Å². The summed E-state index contributed by atoms with van der Waals surface area (Å²) in [6.07, 6.45) is 0.726. The van der Waals surface area contributed by atoms with Gasteiger partial charge in [0, 0.05) is 19.0 Å². The van der Waals surface area contributed by atoms with E-state index in [0.29, 0.717) is 0 Å². The number of hydrazone groups is 1. The molecule has 5 heteroatoms. The number of ether oxygens (including phenoxy) is 1. The molecule has 30 heavy (non-hydrogen) atoms. The molecular weight excluding hydrogens is 374 g/mol. The van der Waals surface area contributed by atoms with Gasteiger partial charge < -0.3 is 9.64 Å². The fourth-order valence-corrected chi connectivity index (χ4v) is 4.89.